The molecular weight excluding hydrogens is 596 g/mol. The fourth-order valence-electron chi connectivity index (χ4n) is 4.33. The molecule has 44 heavy (non-hydrogen) atoms. The van der Waals surface area contributed by atoms with E-state index in [1.165, 1.54) is 13.4 Å². The molecule has 1 heterocycles. The van der Waals surface area contributed by atoms with Crippen molar-refractivity contribution >= 4 is 37.7 Å². The number of anilines is 1. The average molecular weight is 643 g/mol. The second-order valence-electron chi connectivity index (χ2n) is 13.5. The van der Waals surface area contributed by atoms with Gasteiger partial charge < -0.3 is 28.5 Å². The first kappa shape index (κ1) is 35.2. The number of rotatable bonds is 11. The second kappa shape index (κ2) is 14.2. The lowest BCUT2D eigenvalue weighted by Crippen LogP contribution is -2.49. The van der Waals surface area contributed by atoms with Crippen LogP contribution in [-0.2, 0) is 13.9 Å². The predicted molar refractivity (Wildman–Crippen MR) is 179 cm³/mol. The number of amides is 1. The Morgan fingerprint density at radius 2 is 1.70 bits per heavy atom. The van der Waals surface area contributed by atoms with Gasteiger partial charge in [0.1, 0.15) is 16.9 Å². The number of furan rings is 1. The maximum atomic E-state index is 13.7. The Labute approximate surface area is 268 Å². The molecule has 10 heteroatoms. The quantitative estimate of drug-likeness (QED) is 0.165. The highest BCUT2D eigenvalue weighted by Gasteiger charge is 2.41. The van der Waals surface area contributed by atoms with E-state index in [-0.39, 0.29) is 17.6 Å². The summed E-state index contributed by atoms with van der Waals surface area (Å²) in [5.41, 5.74) is 2.10. The first-order valence-corrected chi connectivity index (χ1v) is 18.1. The summed E-state index contributed by atoms with van der Waals surface area (Å²) in [6.45, 7) is 19.2. The molecule has 0 aliphatic rings. The molecule has 2 aromatic carbocycles. The molecule has 0 saturated carbocycles. The third-order valence-electron chi connectivity index (χ3n) is 7.78. The van der Waals surface area contributed by atoms with Gasteiger partial charge in [-0.3, -0.25) is 0 Å². The summed E-state index contributed by atoms with van der Waals surface area (Å²) in [6, 6.07) is 16.5. The number of ether oxygens (including phenoxy) is 2. The van der Waals surface area contributed by atoms with Crippen LogP contribution in [0.15, 0.2) is 65.3 Å². The van der Waals surface area contributed by atoms with Crippen molar-refractivity contribution in [1.29, 1.82) is 0 Å². The largest absolute Gasteiger partial charge is 0.465 e. The molecule has 1 amide bonds. The van der Waals surface area contributed by atoms with E-state index in [4.69, 9.17) is 29.9 Å². The normalized spacial score (nSPS) is 13.6. The summed E-state index contributed by atoms with van der Waals surface area (Å²) >= 11 is 6.41. The number of carbonyl (C=O) groups excluding carboxylic acids is 2. The SMILES string of the molecule is COC(=O)c1ccoc1-c1cccc(NC[C@@H](C)N(C[C@H](O[Si](C)(C)C(C)(C)C)c2cccc(Cl)c2)C(=O)OC(C)(C)C)c1. The van der Waals surface area contributed by atoms with Crippen LogP contribution in [0.3, 0.4) is 0 Å². The topological polar surface area (TPSA) is 90.2 Å². The summed E-state index contributed by atoms with van der Waals surface area (Å²) in [4.78, 5) is 27.6. The number of methoxy groups -OCH3 is 1. The fourth-order valence-corrected chi connectivity index (χ4v) is 5.81. The van der Waals surface area contributed by atoms with Crippen molar-refractivity contribution in [3.63, 3.8) is 0 Å². The fraction of sp³-hybridized carbons (Fsp3) is 0.471. The molecular formula is C34H47ClN2O6Si. The van der Waals surface area contributed by atoms with Crippen LogP contribution in [0.1, 0.15) is 70.5 Å². The Hall–Kier alpha value is -3.27. The lowest BCUT2D eigenvalue weighted by Gasteiger charge is -2.41. The highest BCUT2D eigenvalue weighted by Crippen LogP contribution is 2.40. The molecule has 0 unspecified atom stereocenters. The monoisotopic (exact) mass is 642 g/mol. The van der Waals surface area contributed by atoms with Crippen LogP contribution >= 0.6 is 11.6 Å². The minimum atomic E-state index is -2.25. The Morgan fingerprint density at radius 3 is 2.32 bits per heavy atom. The Bertz CT molecular complexity index is 1430. The highest BCUT2D eigenvalue weighted by atomic mass is 35.5. The van der Waals surface area contributed by atoms with Crippen LogP contribution in [0, 0.1) is 0 Å². The Morgan fingerprint density at radius 1 is 1.02 bits per heavy atom. The first-order chi connectivity index (χ1) is 20.4. The molecule has 2 atom stereocenters. The number of esters is 1. The highest BCUT2D eigenvalue weighted by molar-refractivity contribution is 6.74. The van der Waals surface area contributed by atoms with E-state index in [9.17, 15) is 9.59 Å². The number of benzene rings is 2. The number of nitrogens with zero attached hydrogens (tertiary/aromatic N) is 1. The van der Waals surface area contributed by atoms with Gasteiger partial charge in [-0.1, -0.05) is 56.6 Å². The van der Waals surface area contributed by atoms with Crippen molar-refractivity contribution in [2.75, 3.05) is 25.5 Å². The van der Waals surface area contributed by atoms with Gasteiger partial charge in [0.05, 0.1) is 26.0 Å². The lowest BCUT2D eigenvalue weighted by atomic mass is 10.1. The zero-order valence-corrected chi connectivity index (χ0v) is 29.4. The van der Waals surface area contributed by atoms with Gasteiger partial charge in [0, 0.05) is 28.9 Å². The Kier molecular flexibility index (Phi) is 11.4. The van der Waals surface area contributed by atoms with Crippen LogP contribution in [0.4, 0.5) is 10.5 Å². The van der Waals surface area contributed by atoms with Crippen LogP contribution in [0.25, 0.3) is 11.3 Å². The number of hydrogen-bond donors (Lipinski definition) is 1. The molecule has 1 aromatic heterocycles. The summed E-state index contributed by atoms with van der Waals surface area (Å²) in [5, 5.41) is 4.01. The second-order valence-corrected chi connectivity index (χ2v) is 18.7. The van der Waals surface area contributed by atoms with Gasteiger partial charge in [0.2, 0.25) is 0 Å². The summed E-state index contributed by atoms with van der Waals surface area (Å²) in [5.74, 6) is -0.0426. The number of carbonyl (C=O) groups is 2. The smallest absolute Gasteiger partial charge is 0.410 e. The molecule has 8 nitrogen and oxygen atoms in total. The van der Waals surface area contributed by atoms with Crippen LogP contribution in [0.5, 0.6) is 0 Å². The van der Waals surface area contributed by atoms with Crippen molar-refractivity contribution in [1.82, 2.24) is 4.90 Å². The number of nitrogens with one attached hydrogen (secondary N) is 1. The van der Waals surface area contributed by atoms with E-state index in [2.05, 4.69) is 39.2 Å². The summed E-state index contributed by atoms with van der Waals surface area (Å²) in [7, 11) is -0.914. The Balaban J connectivity index is 1.90. The van der Waals surface area contributed by atoms with E-state index >= 15 is 0 Å². The predicted octanol–water partition coefficient (Wildman–Crippen LogP) is 9.19. The minimum absolute atomic E-state index is 0.0412. The maximum Gasteiger partial charge on any atom is 0.410 e. The number of hydrogen-bond acceptors (Lipinski definition) is 7. The summed E-state index contributed by atoms with van der Waals surface area (Å²) in [6.07, 6.45) is 0.623. The zero-order chi connectivity index (χ0) is 32.9. The van der Waals surface area contributed by atoms with E-state index < -0.39 is 32.1 Å². The first-order valence-electron chi connectivity index (χ1n) is 14.8. The molecule has 0 radical (unpaired) electrons. The van der Waals surface area contributed by atoms with Gasteiger partial charge >= 0.3 is 12.1 Å². The van der Waals surface area contributed by atoms with Crippen LogP contribution < -0.4 is 5.32 Å². The molecule has 0 saturated heterocycles. The molecule has 0 spiro atoms. The van der Waals surface area contributed by atoms with Gasteiger partial charge in [-0.15, -0.1) is 0 Å². The van der Waals surface area contributed by atoms with Gasteiger partial charge in [-0.2, -0.15) is 0 Å². The molecule has 3 rings (SSSR count). The minimum Gasteiger partial charge on any atom is -0.465 e. The van der Waals surface area contributed by atoms with Gasteiger partial charge in [0.25, 0.3) is 0 Å². The van der Waals surface area contributed by atoms with Crippen molar-refractivity contribution in [2.24, 2.45) is 0 Å². The summed E-state index contributed by atoms with van der Waals surface area (Å²) < 4.78 is 23.3. The van der Waals surface area contributed by atoms with Gasteiger partial charge in [0.15, 0.2) is 8.32 Å². The van der Waals surface area contributed by atoms with Crippen molar-refractivity contribution in [3.05, 3.63) is 77.0 Å². The molecule has 0 bridgehead atoms. The maximum absolute atomic E-state index is 13.7. The third kappa shape index (κ3) is 9.36. The van der Waals surface area contributed by atoms with E-state index in [0.29, 0.717) is 22.9 Å². The standard InChI is InChI=1S/C34H47ClN2O6Si/c1-23(21-36-27-16-12-14-25(20-27)30-28(17-18-41-30)31(38)40-8)37(32(39)42-33(2,3)4)22-29(24-13-11-15-26(35)19-24)43-44(9,10)34(5,6)7/h11-20,23,29,36H,21-22H2,1-10H3/t23-,29+/m1/s1. The third-order valence-corrected chi connectivity index (χ3v) is 12.5. The van der Waals surface area contributed by atoms with Crippen molar-refractivity contribution in [3.8, 4) is 11.3 Å². The average Bonchev–Trinajstić information content (AvgIpc) is 3.42. The van der Waals surface area contributed by atoms with Crippen LogP contribution in [-0.4, -0.2) is 57.1 Å². The van der Waals surface area contributed by atoms with Crippen molar-refractivity contribution < 1.29 is 27.9 Å². The lowest BCUT2D eigenvalue weighted by molar-refractivity contribution is 0.00798. The van der Waals surface area contributed by atoms with Gasteiger partial charge in [-0.25, -0.2) is 9.59 Å². The molecule has 0 aliphatic carbocycles. The molecule has 0 aliphatic heterocycles. The van der Waals surface area contributed by atoms with Gasteiger partial charge in [-0.05, 0) is 81.7 Å². The van der Waals surface area contributed by atoms with Crippen LogP contribution in [0.2, 0.25) is 23.2 Å². The number of halogens is 1. The molecule has 1 N–H and O–H groups in total. The van der Waals surface area contributed by atoms with E-state index in [1.54, 1.807) is 11.0 Å². The molecule has 240 valence electrons. The zero-order valence-electron chi connectivity index (χ0n) is 27.6. The van der Waals surface area contributed by atoms with E-state index in [0.717, 1.165) is 16.8 Å². The molecule has 0 fully saturated rings. The van der Waals surface area contributed by atoms with E-state index in [1.807, 2.05) is 76.2 Å². The van der Waals surface area contributed by atoms with Crippen molar-refractivity contribution in [2.45, 2.75) is 84.3 Å². The molecule has 3 aromatic rings.